The van der Waals surface area contributed by atoms with Gasteiger partial charge in [0.1, 0.15) is 11.5 Å². The Kier molecular flexibility index (Phi) is 6.39. The highest BCUT2D eigenvalue weighted by molar-refractivity contribution is 5.88. The van der Waals surface area contributed by atoms with Gasteiger partial charge in [0, 0.05) is 24.7 Å². The highest BCUT2D eigenvalue weighted by Gasteiger charge is 2.33. The van der Waals surface area contributed by atoms with E-state index in [1.807, 2.05) is 13.8 Å². The minimum Gasteiger partial charge on any atom is -0.463 e. The van der Waals surface area contributed by atoms with Gasteiger partial charge in [-0.05, 0) is 39.0 Å². The van der Waals surface area contributed by atoms with Crippen molar-refractivity contribution in [1.29, 1.82) is 0 Å². The van der Waals surface area contributed by atoms with Crippen LogP contribution in [0.25, 0.3) is 6.08 Å². The number of carbonyl (C=O) groups is 1. The quantitative estimate of drug-likeness (QED) is 0.595. The lowest BCUT2D eigenvalue weighted by Crippen LogP contribution is -2.25. The van der Waals surface area contributed by atoms with Crippen LogP contribution in [0.5, 0.6) is 0 Å². The summed E-state index contributed by atoms with van der Waals surface area (Å²) in [5.74, 6) is -0.353. The van der Waals surface area contributed by atoms with E-state index in [2.05, 4.69) is 4.98 Å². The van der Waals surface area contributed by atoms with Crippen LogP contribution in [0.1, 0.15) is 32.0 Å². The third-order valence-corrected chi connectivity index (χ3v) is 2.94. The van der Waals surface area contributed by atoms with Crippen LogP contribution in [0.3, 0.4) is 0 Å². The molecule has 0 aliphatic carbocycles. The molecule has 1 aromatic heterocycles. The molecule has 22 heavy (non-hydrogen) atoms. The number of rotatable bonds is 6. The van der Waals surface area contributed by atoms with Gasteiger partial charge in [0.05, 0.1) is 6.61 Å². The molecule has 1 aromatic rings. The van der Waals surface area contributed by atoms with Gasteiger partial charge >= 0.3 is 12.1 Å². The lowest BCUT2D eigenvalue weighted by molar-refractivity contribution is -0.141. The number of ether oxygens (including phenoxy) is 1. The number of hydrogen-bond acceptors (Lipinski definition) is 4. The van der Waals surface area contributed by atoms with E-state index in [9.17, 15) is 18.0 Å². The second-order valence-electron chi connectivity index (χ2n) is 4.36. The standard InChI is InChI=1S/C15H19F3N2O2/c1-4-20(5-2)14-11(8-10-13(21)22-6-3)7-9-12(19-14)15(16,17)18/h7-10H,4-6H2,1-3H3. The van der Waals surface area contributed by atoms with E-state index in [1.165, 1.54) is 18.2 Å². The highest BCUT2D eigenvalue weighted by atomic mass is 19.4. The van der Waals surface area contributed by atoms with Crippen molar-refractivity contribution in [3.63, 3.8) is 0 Å². The molecule has 4 nitrogen and oxygen atoms in total. The molecule has 7 heteroatoms. The number of halogens is 3. The Morgan fingerprint density at radius 1 is 1.27 bits per heavy atom. The summed E-state index contributed by atoms with van der Waals surface area (Å²) >= 11 is 0. The Labute approximate surface area is 127 Å². The molecule has 0 spiro atoms. The molecule has 0 aliphatic heterocycles. The molecular weight excluding hydrogens is 297 g/mol. The van der Waals surface area contributed by atoms with E-state index in [4.69, 9.17) is 4.74 Å². The predicted octanol–water partition coefficient (Wildman–Crippen LogP) is 3.52. The van der Waals surface area contributed by atoms with Crippen molar-refractivity contribution in [1.82, 2.24) is 4.98 Å². The van der Waals surface area contributed by atoms with Crippen molar-refractivity contribution >= 4 is 17.9 Å². The molecular formula is C15H19F3N2O2. The normalized spacial score (nSPS) is 11.7. The number of carbonyl (C=O) groups excluding carboxylic acids is 1. The average molecular weight is 316 g/mol. The Hall–Kier alpha value is -2.05. The molecule has 1 rings (SSSR count). The average Bonchev–Trinajstić information content (AvgIpc) is 2.46. The fraction of sp³-hybridized carbons (Fsp3) is 0.467. The molecule has 0 aliphatic rings. The topological polar surface area (TPSA) is 42.4 Å². The summed E-state index contributed by atoms with van der Waals surface area (Å²) in [6, 6.07) is 2.21. The van der Waals surface area contributed by atoms with Crippen molar-refractivity contribution < 1.29 is 22.7 Å². The summed E-state index contributed by atoms with van der Waals surface area (Å²) < 4.78 is 43.2. The number of aromatic nitrogens is 1. The summed E-state index contributed by atoms with van der Waals surface area (Å²) in [6.45, 7) is 6.56. The Bertz CT molecular complexity index is 538. The summed E-state index contributed by atoms with van der Waals surface area (Å²) in [7, 11) is 0. The van der Waals surface area contributed by atoms with E-state index in [0.717, 1.165) is 6.07 Å². The highest BCUT2D eigenvalue weighted by Crippen LogP contribution is 2.31. The van der Waals surface area contributed by atoms with Crippen LogP contribution in [0.2, 0.25) is 0 Å². The minimum atomic E-state index is -4.51. The largest absolute Gasteiger partial charge is 0.463 e. The van der Waals surface area contributed by atoms with Gasteiger partial charge in [-0.3, -0.25) is 0 Å². The molecule has 0 atom stereocenters. The number of nitrogens with zero attached hydrogens (tertiary/aromatic N) is 2. The zero-order valence-corrected chi connectivity index (χ0v) is 12.8. The van der Waals surface area contributed by atoms with Crippen molar-refractivity contribution in [2.45, 2.75) is 26.9 Å². The second-order valence-corrected chi connectivity index (χ2v) is 4.36. The van der Waals surface area contributed by atoms with Crippen molar-refractivity contribution in [3.05, 3.63) is 29.5 Å². The first kappa shape index (κ1) is 18.0. The van der Waals surface area contributed by atoms with E-state index in [-0.39, 0.29) is 12.4 Å². The van der Waals surface area contributed by atoms with Gasteiger partial charge in [-0.1, -0.05) is 0 Å². The first-order valence-corrected chi connectivity index (χ1v) is 7.01. The van der Waals surface area contributed by atoms with Gasteiger partial charge in [-0.2, -0.15) is 13.2 Å². The van der Waals surface area contributed by atoms with Gasteiger partial charge < -0.3 is 9.64 Å². The molecule has 1 heterocycles. The van der Waals surface area contributed by atoms with Crippen LogP contribution in [0.4, 0.5) is 19.0 Å². The van der Waals surface area contributed by atoms with Gasteiger partial charge in [0.25, 0.3) is 0 Å². The Morgan fingerprint density at radius 2 is 1.91 bits per heavy atom. The molecule has 0 radical (unpaired) electrons. The lowest BCUT2D eigenvalue weighted by atomic mass is 10.2. The fourth-order valence-electron chi connectivity index (χ4n) is 1.87. The molecule has 0 aromatic carbocycles. The summed E-state index contributed by atoms with van der Waals surface area (Å²) in [4.78, 5) is 16.7. The van der Waals surface area contributed by atoms with E-state index in [0.29, 0.717) is 18.7 Å². The van der Waals surface area contributed by atoms with Crippen LogP contribution in [-0.2, 0) is 15.7 Å². The van der Waals surface area contributed by atoms with Crippen molar-refractivity contribution in [3.8, 4) is 0 Å². The Morgan fingerprint density at radius 3 is 2.41 bits per heavy atom. The zero-order chi connectivity index (χ0) is 16.8. The molecule has 122 valence electrons. The van der Waals surface area contributed by atoms with Gasteiger partial charge in [-0.25, -0.2) is 9.78 Å². The smallest absolute Gasteiger partial charge is 0.433 e. The van der Waals surface area contributed by atoms with Crippen LogP contribution >= 0.6 is 0 Å². The molecule has 0 saturated carbocycles. The number of anilines is 1. The summed E-state index contributed by atoms with van der Waals surface area (Å²) in [5, 5.41) is 0. The fourth-order valence-corrected chi connectivity index (χ4v) is 1.87. The van der Waals surface area contributed by atoms with Gasteiger partial charge in [0.2, 0.25) is 0 Å². The van der Waals surface area contributed by atoms with Crippen molar-refractivity contribution in [2.75, 3.05) is 24.6 Å². The molecule has 0 saturated heterocycles. The van der Waals surface area contributed by atoms with E-state index >= 15 is 0 Å². The molecule has 0 unspecified atom stereocenters. The maximum Gasteiger partial charge on any atom is 0.433 e. The lowest BCUT2D eigenvalue weighted by Gasteiger charge is -2.23. The minimum absolute atomic E-state index is 0.195. The third-order valence-electron chi connectivity index (χ3n) is 2.94. The first-order chi connectivity index (χ1) is 10.3. The first-order valence-electron chi connectivity index (χ1n) is 7.01. The van der Waals surface area contributed by atoms with Crippen LogP contribution < -0.4 is 4.90 Å². The Balaban J connectivity index is 3.23. The van der Waals surface area contributed by atoms with Crippen molar-refractivity contribution in [2.24, 2.45) is 0 Å². The van der Waals surface area contributed by atoms with E-state index < -0.39 is 17.8 Å². The molecule has 0 bridgehead atoms. The third kappa shape index (κ3) is 4.75. The summed E-state index contributed by atoms with van der Waals surface area (Å²) in [6.07, 6.45) is -1.91. The summed E-state index contributed by atoms with van der Waals surface area (Å²) in [5.41, 5.74) is -0.521. The zero-order valence-electron chi connectivity index (χ0n) is 12.8. The number of esters is 1. The van der Waals surface area contributed by atoms with Gasteiger partial charge in [0.15, 0.2) is 0 Å². The number of alkyl halides is 3. The maximum atomic E-state index is 12.8. The van der Waals surface area contributed by atoms with Crippen LogP contribution in [0.15, 0.2) is 18.2 Å². The van der Waals surface area contributed by atoms with Gasteiger partial charge in [-0.15, -0.1) is 0 Å². The second kappa shape index (κ2) is 7.82. The maximum absolute atomic E-state index is 12.8. The SMILES string of the molecule is CCOC(=O)C=Cc1ccc(C(F)(F)F)nc1N(CC)CC. The number of hydrogen-bond donors (Lipinski definition) is 0. The molecule has 0 fully saturated rings. The van der Waals surface area contributed by atoms with Crippen LogP contribution in [-0.4, -0.2) is 30.6 Å². The number of pyridine rings is 1. The molecule has 0 N–H and O–H groups in total. The van der Waals surface area contributed by atoms with Crippen LogP contribution in [0, 0.1) is 0 Å². The molecule has 0 amide bonds. The van der Waals surface area contributed by atoms with E-state index in [1.54, 1.807) is 11.8 Å². The predicted molar refractivity (Wildman–Crippen MR) is 78.5 cm³/mol. The monoisotopic (exact) mass is 316 g/mol.